The van der Waals surface area contributed by atoms with Gasteiger partial charge in [0, 0.05) is 31.2 Å². The van der Waals surface area contributed by atoms with E-state index in [1.807, 2.05) is 0 Å². The van der Waals surface area contributed by atoms with Crippen LogP contribution in [0.25, 0.3) is 11.5 Å². The Morgan fingerprint density at radius 2 is 1.71 bits per heavy atom. The van der Waals surface area contributed by atoms with E-state index in [2.05, 4.69) is 27.3 Å². The molecule has 2 aromatic rings. The molecule has 34 heavy (non-hydrogen) atoms. The molecule has 1 atom stereocenters. The molecule has 186 valence electrons. The number of rotatable bonds is 8. The van der Waals surface area contributed by atoms with Gasteiger partial charge < -0.3 is 19.4 Å². The molecule has 0 aliphatic carbocycles. The van der Waals surface area contributed by atoms with Gasteiger partial charge in [-0.2, -0.15) is 4.31 Å². The molecule has 0 spiro atoms. The van der Waals surface area contributed by atoms with Crippen LogP contribution in [0.15, 0.2) is 33.6 Å². The number of hydrogen-bond acceptors (Lipinski definition) is 8. The van der Waals surface area contributed by atoms with E-state index in [0.717, 1.165) is 19.5 Å². The lowest BCUT2D eigenvalue weighted by molar-refractivity contribution is 0.0730. The predicted molar refractivity (Wildman–Crippen MR) is 126 cm³/mol. The van der Waals surface area contributed by atoms with Crippen molar-refractivity contribution in [1.82, 2.24) is 24.7 Å². The van der Waals surface area contributed by atoms with Gasteiger partial charge in [-0.3, -0.25) is 4.79 Å². The number of aromatic nitrogens is 2. The Morgan fingerprint density at radius 3 is 2.38 bits per heavy atom. The summed E-state index contributed by atoms with van der Waals surface area (Å²) in [7, 11) is -3.58. The second-order valence-electron chi connectivity index (χ2n) is 8.80. The van der Waals surface area contributed by atoms with Gasteiger partial charge in [0.1, 0.15) is 0 Å². The second-order valence-corrected chi connectivity index (χ2v) is 10.7. The minimum atomic E-state index is -3.58. The molecule has 1 aromatic heterocycles. The van der Waals surface area contributed by atoms with E-state index in [1.54, 1.807) is 12.1 Å². The number of carbonyl (C=O) groups excluding carboxylic acids is 1. The third-order valence-electron chi connectivity index (χ3n) is 6.44. The molecule has 4 rings (SSSR count). The number of sulfonamides is 1. The van der Waals surface area contributed by atoms with Crippen molar-refractivity contribution in [2.24, 2.45) is 0 Å². The average Bonchev–Trinajstić information content (AvgIpc) is 3.20. The molecular formula is C23H33N5O5S. The van der Waals surface area contributed by atoms with Crippen LogP contribution >= 0.6 is 0 Å². The summed E-state index contributed by atoms with van der Waals surface area (Å²) in [6.45, 7) is 6.42. The van der Waals surface area contributed by atoms with Crippen molar-refractivity contribution in [3.05, 3.63) is 30.2 Å². The summed E-state index contributed by atoms with van der Waals surface area (Å²) in [6.07, 6.45) is 5.92. The number of carbonyl (C=O) groups is 1. The van der Waals surface area contributed by atoms with Gasteiger partial charge in [-0.05, 0) is 63.5 Å². The lowest BCUT2D eigenvalue weighted by Gasteiger charge is -2.27. The normalized spacial score (nSPS) is 19.4. The van der Waals surface area contributed by atoms with Crippen molar-refractivity contribution >= 4 is 15.9 Å². The van der Waals surface area contributed by atoms with E-state index < -0.39 is 15.9 Å². The predicted octanol–water partition coefficient (Wildman–Crippen LogP) is 2.14. The zero-order chi connectivity index (χ0) is 24.0. The number of amides is 1. The highest BCUT2D eigenvalue weighted by Gasteiger charge is 2.26. The van der Waals surface area contributed by atoms with Crippen LogP contribution in [0.3, 0.4) is 0 Å². The quantitative estimate of drug-likeness (QED) is 0.597. The maximum Gasteiger partial charge on any atom is 0.308 e. The van der Waals surface area contributed by atoms with Crippen LogP contribution in [-0.4, -0.2) is 85.7 Å². The smallest absolute Gasteiger partial charge is 0.308 e. The lowest BCUT2D eigenvalue weighted by Crippen LogP contribution is -2.40. The molecule has 0 saturated carbocycles. The Balaban J connectivity index is 1.31. The van der Waals surface area contributed by atoms with Crippen LogP contribution < -0.4 is 5.32 Å². The van der Waals surface area contributed by atoms with E-state index >= 15 is 0 Å². The van der Waals surface area contributed by atoms with Crippen molar-refractivity contribution in [2.45, 2.75) is 50.0 Å². The number of nitrogens with one attached hydrogen (secondary N) is 1. The van der Waals surface area contributed by atoms with Crippen molar-refractivity contribution in [2.75, 3.05) is 45.9 Å². The van der Waals surface area contributed by atoms with Crippen LogP contribution in [0.5, 0.6) is 0 Å². The Hall–Kier alpha value is -2.34. The van der Waals surface area contributed by atoms with Crippen molar-refractivity contribution in [3.8, 4) is 11.5 Å². The number of ether oxygens (including phenoxy) is 1. The fourth-order valence-electron chi connectivity index (χ4n) is 4.33. The molecule has 2 fully saturated rings. The first kappa shape index (κ1) is 24.8. The van der Waals surface area contributed by atoms with Crippen molar-refractivity contribution in [1.29, 1.82) is 0 Å². The molecule has 2 aliphatic rings. The topological polar surface area (TPSA) is 118 Å². The van der Waals surface area contributed by atoms with E-state index in [1.165, 1.54) is 42.1 Å². The second kappa shape index (κ2) is 11.4. The fourth-order valence-corrected chi connectivity index (χ4v) is 5.73. The fraction of sp³-hybridized carbons (Fsp3) is 0.609. The molecule has 0 bridgehead atoms. The molecule has 1 amide bonds. The Bertz CT molecular complexity index is 1040. The highest BCUT2D eigenvalue weighted by atomic mass is 32.2. The molecule has 0 unspecified atom stereocenters. The summed E-state index contributed by atoms with van der Waals surface area (Å²) in [4.78, 5) is 15.1. The number of benzene rings is 1. The lowest BCUT2D eigenvalue weighted by atomic mass is 10.2. The first-order valence-electron chi connectivity index (χ1n) is 12.0. The first-order valence-corrected chi connectivity index (χ1v) is 13.4. The summed E-state index contributed by atoms with van der Waals surface area (Å²) in [5.41, 5.74) is 0.544. The third-order valence-corrected chi connectivity index (χ3v) is 8.35. The van der Waals surface area contributed by atoms with Gasteiger partial charge in [-0.15, -0.1) is 10.2 Å². The van der Waals surface area contributed by atoms with Crippen LogP contribution in [0.2, 0.25) is 0 Å². The summed E-state index contributed by atoms with van der Waals surface area (Å²) < 4.78 is 37.7. The van der Waals surface area contributed by atoms with Crippen LogP contribution in [0, 0.1) is 0 Å². The standard InChI is InChI=1S/C23H33N5O5S/c1-18(27-12-4-2-3-5-13-27)10-11-24-21(29)23-26-25-22(33-23)19-6-8-20(9-7-19)34(30,31)28-14-16-32-17-15-28/h6-9,18H,2-5,10-17H2,1H3,(H,24,29)/t18-/m1/s1. The molecule has 11 heteroatoms. The molecule has 2 aliphatic heterocycles. The molecule has 1 aromatic carbocycles. The molecule has 10 nitrogen and oxygen atoms in total. The maximum absolute atomic E-state index is 12.8. The average molecular weight is 492 g/mol. The number of morpholine rings is 1. The summed E-state index contributed by atoms with van der Waals surface area (Å²) in [5, 5.41) is 10.7. The van der Waals surface area contributed by atoms with Gasteiger partial charge in [0.15, 0.2) is 0 Å². The number of likely N-dealkylation sites (tertiary alicyclic amines) is 1. The summed E-state index contributed by atoms with van der Waals surface area (Å²) in [5.74, 6) is -0.353. The van der Waals surface area contributed by atoms with Crippen LogP contribution in [0.4, 0.5) is 0 Å². The SMILES string of the molecule is C[C@H](CCNC(=O)c1nnc(-c2ccc(S(=O)(=O)N3CCOCC3)cc2)o1)N1CCCCCC1. The van der Waals surface area contributed by atoms with Crippen molar-refractivity contribution < 1.29 is 22.4 Å². The Labute approximate surface area is 200 Å². The Morgan fingerprint density at radius 1 is 1.03 bits per heavy atom. The highest BCUT2D eigenvalue weighted by Crippen LogP contribution is 2.23. The Kier molecular flexibility index (Phi) is 8.30. The summed E-state index contributed by atoms with van der Waals surface area (Å²) in [6, 6.07) is 6.63. The van der Waals surface area contributed by atoms with Gasteiger partial charge in [-0.25, -0.2) is 8.42 Å². The van der Waals surface area contributed by atoms with Gasteiger partial charge in [0.2, 0.25) is 15.9 Å². The third kappa shape index (κ3) is 6.01. The van der Waals surface area contributed by atoms with Gasteiger partial charge in [0.25, 0.3) is 0 Å². The molecule has 0 radical (unpaired) electrons. The maximum atomic E-state index is 12.8. The van der Waals surface area contributed by atoms with E-state index in [9.17, 15) is 13.2 Å². The van der Waals surface area contributed by atoms with Crippen molar-refractivity contribution in [3.63, 3.8) is 0 Å². The van der Waals surface area contributed by atoms with Gasteiger partial charge in [-0.1, -0.05) is 12.8 Å². The van der Waals surface area contributed by atoms with Crippen LogP contribution in [0.1, 0.15) is 49.7 Å². The summed E-state index contributed by atoms with van der Waals surface area (Å²) >= 11 is 0. The zero-order valence-corrected chi connectivity index (χ0v) is 20.4. The van der Waals surface area contributed by atoms with Gasteiger partial charge in [0.05, 0.1) is 18.1 Å². The molecule has 3 heterocycles. The first-order chi connectivity index (χ1) is 16.4. The molecule has 2 saturated heterocycles. The zero-order valence-electron chi connectivity index (χ0n) is 19.6. The van der Waals surface area contributed by atoms with E-state index in [0.29, 0.717) is 44.5 Å². The highest BCUT2D eigenvalue weighted by molar-refractivity contribution is 7.89. The van der Waals surface area contributed by atoms with E-state index in [4.69, 9.17) is 9.15 Å². The minimum absolute atomic E-state index is 0.109. The monoisotopic (exact) mass is 491 g/mol. The number of nitrogens with zero attached hydrogens (tertiary/aromatic N) is 4. The molecular weight excluding hydrogens is 458 g/mol. The molecule has 1 N–H and O–H groups in total. The van der Waals surface area contributed by atoms with Gasteiger partial charge >= 0.3 is 11.8 Å². The van der Waals surface area contributed by atoms with E-state index in [-0.39, 0.29) is 16.7 Å². The largest absolute Gasteiger partial charge is 0.412 e. The minimum Gasteiger partial charge on any atom is -0.412 e. The number of hydrogen-bond donors (Lipinski definition) is 1. The van der Waals surface area contributed by atoms with Crippen LogP contribution in [-0.2, 0) is 14.8 Å².